The molecule has 13 heteroatoms. The lowest BCUT2D eigenvalue weighted by Crippen LogP contribution is -2.42. The van der Waals surface area contributed by atoms with E-state index in [1.54, 1.807) is 12.1 Å². The molecule has 51 heavy (non-hydrogen) atoms. The number of carbonyl (C=O) groups excluding carboxylic acids is 3. The number of amides is 3. The molecule has 1 aromatic heterocycles. The van der Waals surface area contributed by atoms with Gasteiger partial charge in [-0.2, -0.15) is 13.2 Å². The van der Waals surface area contributed by atoms with Crippen molar-refractivity contribution in [2.45, 2.75) is 28.8 Å². The van der Waals surface area contributed by atoms with Gasteiger partial charge in [-0.25, -0.2) is 4.90 Å². The topological polar surface area (TPSA) is 109 Å². The van der Waals surface area contributed by atoms with E-state index in [2.05, 4.69) is 10.3 Å². The zero-order chi connectivity index (χ0) is 35.2. The van der Waals surface area contributed by atoms with Crippen molar-refractivity contribution in [2.24, 2.45) is 29.6 Å². The summed E-state index contributed by atoms with van der Waals surface area (Å²) in [5.74, 6) is -3.40. The Morgan fingerprint density at radius 2 is 1.59 bits per heavy atom. The number of thioether (sulfide) groups is 1. The molecule has 3 heterocycles. The van der Waals surface area contributed by atoms with Crippen molar-refractivity contribution in [1.29, 1.82) is 0 Å². The third-order valence-corrected chi connectivity index (χ3v) is 13.4. The van der Waals surface area contributed by atoms with Crippen molar-refractivity contribution in [3.05, 3.63) is 117 Å². The van der Waals surface area contributed by atoms with Crippen LogP contribution in [0.15, 0.2) is 101 Å². The van der Waals surface area contributed by atoms with Gasteiger partial charge < -0.3 is 15.0 Å². The van der Waals surface area contributed by atoms with Gasteiger partial charge in [-0.3, -0.25) is 19.2 Å². The minimum atomic E-state index is -4.74. The van der Waals surface area contributed by atoms with E-state index in [0.29, 0.717) is 17.9 Å². The second kappa shape index (κ2) is 11.8. The van der Waals surface area contributed by atoms with E-state index in [-0.39, 0.29) is 46.3 Å². The van der Waals surface area contributed by atoms with Gasteiger partial charge in [0.05, 0.1) is 28.1 Å². The number of nitrogens with one attached hydrogen (secondary N) is 2. The lowest BCUT2D eigenvalue weighted by atomic mass is 9.68. The highest BCUT2D eigenvalue weighted by Gasteiger charge is 2.70. The zero-order valence-corrected chi connectivity index (χ0v) is 28.2. The molecule has 4 unspecified atom stereocenters. The molecule has 3 fully saturated rings. The summed E-state index contributed by atoms with van der Waals surface area (Å²) >= 11 is 2.62. The van der Waals surface area contributed by atoms with E-state index in [1.165, 1.54) is 30.0 Å². The van der Waals surface area contributed by atoms with Crippen molar-refractivity contribution in [3.8, 4) is 5.75 Å². The number of fused-ring (bicyclic) bond motifs is 10. The Hall–Kier alpha value is -4.88. The van der Waals surface area contributed by atoms with Crippen LogP contribution in [0.4, 0.5) is 24.5 Å². The van der Waals surface area contributed by atoms with Crippen molar-refractivity contribution >= 4 is 63.0 Å². The van der Waals surface area contributed by atoms with Gasteiger partial charge in [-0.05, 0) is 65.5 Å². The third-order valence-electron chi connectivity index (χ3n) is 10.8. The highest BCUT2D eigenvalue weighted by atomic mass is 32.2. The first-order chi connectivity index (χ1) is 24.6. The van der Waals surface area contributed by atoms with Gasteiger partial charge in [0.1, 0.15) is 5.75 Å². The molecule has 258 valence electrons. The van der Waals surface area contributed by atoms with Gasteiger partial charge in [-0.15, -0.1) is 11.8 Å². The number of para-hydroxylation sites is 1. The smallest absolute Gasteiger partial charge is 0.418 e. The second-order valence-corrected chi connectivity index (χ2v) is 15.6. The first-order valence-electron chi connectivity index (χ1n) is 16.5. The normalized spacial score (nSPS) is 26.3. The number of hydrogen-bond acceptors (Lipinski definition) is 7. The number of carbonyl (C=O) groups is 3. The molecule has 2 N–H and O–H groups in total. The van der Waals surface area contributed by atoms with Crippen molar-refractivity contribution in [2.75, 3.05) is 16.8 Å². The Kier molecular flexibility index (Phi) is 7.44. The molecule has 4 aromatic carbocycles. The summed E-state index contributed by atoms with van der Waals surface area (Å²) in [4.78, 5) is 57.7. The average Bonchev–Trinajstić information content (AvgIpc) is 3.86. The van der Waals surface area contributed by atoms with Crippen LogP contribution in [0.5, 0.6) is 5.75 Å². The van der Waals surface area contributed by atoms with E-state index in [0.717, 1.165) is 48.5 Å². The van der Waals surface area contributed by atoms with Crippen LogP contribution in [0.2, 0.25) is 0 Å². The SMILES string of the molecule is O=C(COc1ccc([C@H]2c3sc(=O)[nH]c3SC3C2[C@H]2C[C@@H]3C3C(=O)N(c4ccccc4C(F)(F)F)C(=O)C32)cc1)Nc1cccc2ccccc12. The fourth-order valence-corrected chi connectivity index (χ4v) is 11.9. The molecular formula is C38H28F3N3O5S2. The maximum absolute atomic E-state index is 14.0. The van der Waals surface area contributed by atoms with Crippen LogP contribution in [-0.2, 0) is 20.6 Å². The summed E-state index contributed by atoms with van der Waals surface area (Å²) in [7, 11) is 0. The van der Waals surface area contributed by atoms with E-state index in [9.17, 15) is 32.3 Å². The van der Waals surface area contributed by atoms with Crippen LogP contribution >= 0.6 is 23.1 Å². The molecule has 4 aliphatic rings. The number of rotatable bonds is 6. The first-order valence-corrected chi connectivity index (χ1v) is 18.2. The van der Waals surface area contributed by atoms with Crippen LogP contribution in [0.1, 0.15) is 28.3 Å². The fraction of sp³-hybridized carbons (Fsp3) is 0.263. The van der Waals surface area contributed by atoms with Gasteiger partial charge in [0, 0.05) is 27.1 Å². The maximum atomic E-state index is 14.0. The minimum Gasteiger partial charge on any atom is -0.484 e. The molecule has 9 rings (SSSR count). The molecule has 1 saturated heterocycles. The number of benzene rings is 4. The molecular weight excluding hydrogens is 700 g/mol. The predicted octanol–water partition coefficient (Wildman–Crippen LogP) is 7.30. The predicted molar refractivity (Wildman–Crippen MR) is 187 cm³/mol. The van der Waals surface area contributed by atoms with Gasteiger partial charge >= 0.3 is 11.0 Å². The van der Waals surface area contributed by atoms with Crippen molar-refractivity contribution < 1.29 is 32.3 Å². The van der Waals surface area contributed by atoms with E-state index in [1.807, 2.05) is 54.6 Å². The second-order valence-electron chi connectivity index (χ2n) is 13.4. The summed E-state index contributed by atoms with van der Waals surface area (Å²) in [5.41, 5.74) is 0.128. The summed E-state index contributed by atoms with van der Waals surface area (Å²) in [6, 6.07) is 25.5. The summed E-state index contributed by atoms with van der Waals surface area (Å²) in [6.45, 7) is -0.214. The number of aromatic amines is 1. The molecule has 0 radical (unpaired) electrons. The monoisotopic (exact) mass is 727 g/mol. The first kappa shape index (κ1) is 32.1. The van der Waals surface area contributed by atoms with Gasteiger partial charge in [0.25, 0.3) is 5.91 Å². The van der Waals surface area contributed by atoms with Crippen LogP contribution in [-0.4, -0.2) is 34.6 Å². The molecule has 0 spiro atoms. The Bertz CT molecular complexity index is 2300. The molecule has 8 nitrogen and oxygen atoms in total. The molecule has 2 aliphatic heterocycles. The Balaban J connectivity index is 0.977. The molecule has 7 atom stereocenters. The van der Waals surface area contributed by atoms with E-state index >= 15 is 0 Å². The Morgan fingerprint density at radius 3 is 2.37 bits per heavy atom. The van der Waals surface area contributed by atoms with Crippen LogP contribution in [0.3, 0.4) is 0 Å². The van der Waals surface area contributed by atoms with Crippen LogP contribution in [0.25, 0.3) is 10.8 Å². The Morgan fingerprint density at radius 1 is 0.882 bits per heavy atom. The number of imide groups is 1. The number of hydrogen-bond donors (Lipinski definition) is 2. The molecule has 5 aromatic rings. The highest BCUT2D eigenvalue weighted by Crippen LogP contribution is 2.69. The number of ether oxygens (including phenoxy) is 1. The van der Waals surface area contributed by atoms with Crippen molar-refractivity contribution in [1.82, 2.24) is 4.98 Å². The Labute approximate surface area is 297 Å². The molecule has 2 aliphatic carbocycles. The summed E-state index contributed by atoms with van der Waals surface area (Å²) in [5, 5.41) is 5.44. The quantitative estimate of drug-likeness (QED) is 0.178. The summed E-state index contributed by atoms with van der Waals surface area (Å²) in [6.07, 6.45) is -4.13. The number of nitrogens with zero attached hydrogens (tertiary/aromatic N) is 1. The van der Waals surface area contributed by atoms with Crippen LogP contribution < -0.4 is 19.8 Å². The number of alkyl halides is 3. The number of anilines is 2. The minimum absolute atomic E-state index is 0.123. The molecule has 2 saturated carbocycles. The number of halogens is 3. The standard InChI is InChI=1S/C38H28F3N3O5S2/c39-38(40,41)24-9-3-4-11-26(24)44-35(46)30-22-16-23(31(30)36(44)47)32-29(22)28(33-34(50-32)43-37(48)51-33)19-12-14-20(15-13-19)49-17-27(45)42-25-10-5-7-18-6-1-2-8-21(18)25/h1-15,22-23,28-32H,16-17H2,(H,42,45)(H,43,48)/t22-,23-,28-,29?,30?,31?,32?/m1/s1. The van der Waals surface area contributed by atoms with Crippen LogP contribution in [0, 0.1) is 29.6 Å². The molecule has 2 bridgehead atoms. The lowest BCUT2D eigenvalue weighted by Gasteiger charge is -2.43. The highest BCUT2D eigenvalue weighted by molar-refractivity contribution is 8.00. The average molecular weight is 728 g/mol. The molecule has 3 amide bonds. The van der Waals surface area contributed by atoms with E-state index < -0.39 is 41.1 Å². The number of aromatic nitrogens is 1. The fourth-order valence-electron chi connectivity index (χ4n) is 8.98. The number of thiazole rings is 1. The van der Waals surface area contributed by atoms with Crippen molar-refractivity contribution in [3.63, 3.8) is 0 Å². The number of H-pyrrole nitrogens is 1. The summed E-state index contributed by atoms with van der Waals surface area (Å²) < 4.78 is 47.8. The maximum Gasteiger partial charge on any atom is 0.418 e. The van der Waals surface area contributed by atoms with Gasteiger partial charge in [-0.1, -0.05) is 72.0 Å². The van der Waals surface area contributed by atoms with E-state index in [4.69, 9.17) is 4.74 Å². The third kappa shape index (κ3) is 5.11. The largest absolute Gasteiger partial charge is 0.484 e. The van der Waals surface area contributed by atoms with Gasteiger partial charge in [0.15, 0.2) is 6.61 Å². The van der Waals surface area contributed by atoms with Gasteiger partial charge in [0.2, 0.25) is 11.8 Å². The lowest BCUT2D eigenvalue weighted by molar-refractivity contribution is -0.137. The zero-order valence-electron chi connectivity index (χ0n) is 26.6.